The number of hydrogen-bond acceptors (Lipinski definition) is 8. The van der Waals surface area contributed by atoms with Crippen LogP contribution in [0.4, 0.5) is 15.8 Å². The highest BCUT2D eigenvalue weighted by molar-refractivity contribution is 6.40. The van der Waals surface area contributed by atoms with Gasteiger partial charge in [0.25, 0.3) is 0 Å². The number of rotatable bonds is 7. The van der Waals surface area contributed by atoms with Gasteiger partial charge >= 0.3 is 7.12 Å². The van der Waals surface area contributed by atoms with E-state index in [1.165, 1.54) is 23.2 Å². The van der Waals surface area contributed by atoms with Gasteiger partial charge in [0.2, 0.25) is 0 Å². The monoisotopic (exact) mass is 310 g/mol. The second-order valence-electron chi connectivity index (χ2n) is 5.24. The molecule has 2 atom stereocenters. The van der Waals surface area contributed by atoms with Gasteiger partial charge in [0.1, 0.15) is 5.82 Å². The Morgan fingerprint density at radius 2 is 2.18 bits per heavy atom. The van der Waals surface area contributed by atoms with Crippen LogP contribution in [0.25, 0.3) is 0 Å². The van der Waals surface area contributed by atoms with Crippen molar-refractivity contribution < 1.29 is 14.4 Å². The smallest absolute Gasteiger partial charge is 0.427 e. The molecule has 0 aromatic heterocycles. The van der Waals surface area contributed by atoms with Gasteiger partial charge in [-0.05, 0) is 30.9 Å². The van der Waals surface area contributed by atoms with Crippen LogP contribution in [0.2, 0.25) is 6.32 Å². The van der Waals surface area contributed by atoms with E-state index in [0.29, 0.717) is 31.3 Å². The summed E-state index contributed by atoms with van der Waals surface area (Å²) in [6.45, 7) is 0. The molecule has 0 saturated heterocycles. The van der Waals surface area contributed by atoms with Gasteiger partial charge < -0.3 is 21.5 Å². The van der Waals surface area contributed by atoms with Crippen LogP contribution in [0.3, 0.4) is 0 Å². The highest BCUT2D eigenvalue weighted by Gasteiger charge is 2.30. The van der Waals surface area contributed by atoms with Crippen molar-refractivity contribution in [3.05, 3.63) is 24.0 Å². The minimum absolute atomic E-state index is 0.233. The first-order valence-electron chi connectivity index (χ1n) is 7.10. The van der Waals surface area contributed by atoms with E-state index in [0.717, 1.165) is 0 Å². The number of unbranched alkanes of at least 4 members (excludes halogenated alkanes) is 1. The lowest BCUT2D eigenvalue weighted by Crippen LogP contribution is -2.48. The van der Waals surface area contributed by atoms with Gasteiger partial charge in [-0.1, -0.05) is 18.1 Å². The van der Waals surface area contributed by atoms with E-state index >= 15 is 0 Å². The maximum Gasteiger partial charge on any atom is 0.451 e. The first-order valence-corrected chi connectivity index (χ1v) is 7.10. The number of anilines is 2. The third kappa shape index (κ3) is 4.06. The van der Waals surface area contributed by atoms with Gasteiger partial charge in [0, 0.05) is 11.7 Å². The highest BCUT2D eigenvalue weighted by Crippen LogP contribution is 2.26. The number of nitrogens with two attached hydrogens (primary N) is 2. The van der Waals surface area contributed by atoms with Gasteiger partial charge in [0.05, 0.1) is 5.69 Å². The van der Waals surface area contributed by atoms with Gasteiger partial charge in [-0.2, -0.15) is 5.53 Å². The van der Waals surface area contributed by atoms with Crippen LogP contribution in [-0.4, -0.2) is 29.4 Å². The fourth-order valence-electron chi connectivity index (χ4n) is 2.29. The van der Waals surface area contributed by atoms with E-state index in [4.69, 9.17) is 21.5 Å². The zero-order chi connectivity index (χ0) is 16.1. The molecule has 2 rings (SSSR count). The van der Waals surface area contributed by atoms with Crippen molar-refractivity contribution in [2.24, 2.45) is 16.1 Å². The van der Waals surface area contributed by atoms with Crippen molar-refractivity contribution in [3.8, 4) is 0 Å². The second kappa shape index (κ2) is 7.39. The van der Waals surface area contributed by atoms with Crippen LogP contribution in [0.15, 0.2) is 28.5 Å². The van der Waals surface area contributed by atoms with Gasteiger partial charge in [-0.15, -0.1) is 5.11 Å². The van der Waals surface area contributed by atoms with E-state index in [2.05, 4.69) is 15.9 Å². The molecule has 22 heavy (non-hydrogen) atoms. The Morgan fingerprint density at radius 1 is 1.41 bits per heavy atom. The Balaban J connectivity index is 1.97. The predicted molar refractivity (Wildman–Crippen MR) is 81.9 cm³/mol. The lowest BCUT2D eigenvalue weighted by molar-refractivity contribution is 0.398. The zero-order valence-corrected chi connectivity index (χ0v) is 12.1. The quantitative estimate of drug-likeness (QED) is 0.281. The summed E-state index contributed by atoms with van der Waals surface area (Å²) in [5.74, 6) is -0.449. The second-order valence-corrected chi connectivity index (χ2v) is 5.24. The zero-order valence-electron chi connectivity index (χ0n) is 12.1. The van der Waals surface area contributed by atoms with Crippen molar-refractivity contribution >= 4 is 18.5 Å². The molecule has 0 saturated carbocycles. The fourth-order valence-corrected chi connectivity index (χ4v) is 2.29. The first kappa shape index (κ1) is 16.5. The summed E-state index contributed by atoms with van der Waals surface area (Å²) in [6.07, 6.45) is 1.69. The third-order valence-corrected chi connectivity index (χ3v) is 3.46. The first-order chi connectivity index (χ1) is 10.5. The van der Waals surface area contributed by atoms with E-state index in [1.54, 1.807) is 0 Å². The number of nitrogen functional groups attached to an aromatic ring is 1. The van der Waals surface area contributed by atoms with Crippen molar-refractivity contribution in [2.45, 2.75) is 37.8 Å². The Morgan fingerprint density at radius 3 is 2.91 bits per heavy atom. The molecule has 0 bridgehead atoms. The van der Waals surface area contributed by atoms with Crippen molar-refractivity contribution in [3.63, 3.8) is 0 Å². The maximum atomic E-state index is 13.9. The van der Waals surface area contributed by atoms with Gasteiger partial charge in [-0.25, -0.2) is 9.40 Å². The highest BCUT2D eigenvalue weighted by atomic mass is 19.1. The molecule has 8 nitrogen and oxygen atoms in total. The average molecular weight is 310 g/mol. The van der Waals surface area contributed by atoms with Crippen molar-refractivity contribution in [2.75, 3.05) is 10.7 Å². The molecule has 120 valence electrons. The lowest BCUT2D eigenvalue weighted by atomic mass is 9.83. The molecule has 1 aromatic carbocycles. The molecule has 0 amide bonds. The van der Waals surface area contributed by atoms with Crippen molar-refractivity contribution in [1.29, 1.82) is 0 Å². The summed E-state index contributed by atoms with van der Waals surface area (Å²) in [5.41, 5.74) is 15.1. The SMILES string of the molecule is Nc1ccc(F)c(N2NN=NC2C(N)CCCCB(O)O)c1. The van der Waals surface area contributed by atoms with E-state index in [9.17, 15) is 4.39 Å². The molecule has 7 N–H and O–H groups in total. The number of hydrogen-bond donors (Lipinski definition) is 5. The molecule has 1 aliphatic heterocycles. The molecule has 10 heteroatoms. The number of nitrogens with one attached hydrogen (secondary N) is 1. The minimum Gasteiger partial charge on any atom is -0.427 e. The standard InChI is InChI=1S/C12H20BFN6O2/c14-9-5-4-8(15)7-11(9)20-12(17-18-19-20)10(16)3-1-2-6-13(21)22/h4-5,7,10,12,21-22H,1-3,6,15-16H2,(H,17,19). The molecule has 2 unspecified atom stereocenters. The summed E-state index contributed by atoms with van der Waals surface area (Å²) >= 11 is 0. The number of halogens is 1. The number of hydrazine groups is 1. The Hall–Kier alpha value is -1.91. The maximum absolute atomic E-state index is 13.9. The molecular formula is C12H20BFN6O2. The molecule has 0 radical (unpaired) electrons. The molecule has 0 aliphatic carbocycles. The Kier molecular flexibility index (Phi) is 5.53. The third-order valence-electron chi connectivity index (χ3n) is 3.46. The largest absolute Gasteiger partial charge is 0.451 e. The van der Waals surface area contributed by atoms with E-state index in [-0.39, 0.29) is 11.7 Å². The molecule has 1 aliphatic rings. The summed E-state index contributed by atoms with van der Waals surface area (Å²) in [6, 6.07) is 3.85. The van der Waals surface area contributed by atoms with Crippen LogP contribution in [-0.2, 0) is 0 Å². The molecule has 0 fully saturated rings. The van der Waals surface area contributed by atoms with Crippen LogP contribution in [0.1, 0.15) is 19.3 Å². The topological polar surface area (TPSA) is 132 Å². The average Bonchev–Trinajstić information content (AvgIpc) is 2.95. The molecule has 1 heterocycles. The predicted octanol–water partition coefficient (Wildman–Crippen LogP) is 0.396. The summed E-state index contributed by atoms with van der Waals surface area (Å²) < 4.78 is 13.9. The lowest BCUT2D eigenvalue weighted by Gasteiger charge is -2.27. The summed E-state index contributed by atoms with van der Waals surface area (Å²) in [5, 5.41) is 26.7. The number of benzene rings is 1. The summed E-state index contributed by atoms with van der Waals surface area (Å²) in [7, 11) is -1.30. The van der Waals surface area contributed by atoms with Crippen LogP contribution >= 0.6 is 0 Å². The Labute approximate surface area is 128 Å². The van der Waals surface area contributed by atoms with Crippen LogP contribution in [0, 0.1) is 5.82 Å². The molecule has 1 aromatic rings. The van der Waals surface area contributed by atoms with Gasteiger partial charge in [-0.3, -0.25) is 0 Å². The van der Waals surface area contributed by atoms with Crippen molar-refractivity contribution in [1.82, 2.24) is 5.53 Å². The Bertz CT molecular complexity index is 532. The van der Waals surface area contributed by atoms with E-state index in [1.807, 2.05) is 0 Å². The summed E-state index contributed by atoms with van der Waals surface area (Å²) in [4.78, 5) is 0. The fraction of sp³-hybridized carbons (Fsp3) is 0.500. The van der Waals surface area contributed by atoms with Crippen LogP contribution in [0.5, 0.6) is 0 Å². The van der Waals surface area contributed by atoms with E-state index < -0.39 is 19.1 Å². The molecule has 0 spiro atoms. The minimum atomic E-state index is -1.30. The van der Waals surface area contributed by atoms with Gasteiger partial charge in [0.15, 0.2) is 6.17 Å². The normalized spacial score (nSPS) is 18.4. The van der Waals surface area contributed by atoms with Crippen LogP contribution < -0.4 is 22.0 Å². The number of nitrogens with zero attached hydrogens (tertiary/aromatic N) is 3. The molecular weight excluding hydrogens is 290 g/mol.